The zero-order valence-corrected chi connectivity index (χ0v) is 8.88. The third-order valence-corrected chi connectivity index (χ3v) is 2.67. The number of benzene rings is 1. The fraction of sp³-hybridized carbons (Fsp3) is 0.364. The Kier molecular flexibility index (Phi) is 2.59. The van der Waals surface area contributed by atoms with Crippen molar-refractivity contribution in [3.63, 3.8) is 0 Å². The van der Waals surface area contributed by atoms with Gasteiger partial charge in [-0.1, -0.05) is 11.6 Å². The van der Waals surface area contributed by atoms with Crippen LogP contribution in [0, 0.1) is 28.4 Å². The minimum Gasteiger partial charge on any atom is -0.280 e. The molecule has 1 heterocycles. The third kappa shape index (κ3) is 2.02. The van der Waals surface area contributed by atoms with Gasteiger partial charge in [0.15, 0.2) is 0 Å². The molecule has 0 amide bonds. The number of hydrogen-bond donors (Lipinski definition) is 0. The van der Waals surface area contributed by atoms with E-state index in [1.165, 1.54) is 6.07 Å². The maximum absolute atomic E-state index is 10.8. The minimum absolute atomic E-state index is 0.0693. The zero-order chi connectivity index (χ0) is 11.7. The number of nitro benzene ring substituents is 1. The summed E-state index contributed by atoms with van der Waals surface area (Å²) >= 11 is 0. The van der Waals surface area contributed by atoms with Gasteiger partial charge in [-0.3, -0.25) is 15.0 Å². The van der Waals surface area contributed by atoms with E-state index in [1.54, 1.807) is 6.07 Å². The van der Waals surface area contributed by atoms with E-state index in [0.717, 1.165) is 5.56 Å². The molecule has 1 aliphatic heterocycles. The van der Waals surface area contributed by atoms with Crippen LogP contribution in [0.5, 0.6) is 0 Å². The highest BCUT2D eigenvalue weighted by molar-refractivity contribution is 5.43. The molecule has 2 unspecified atom stereocenters. The Hall–Kier alpha value is -1.93. The van der Waals surface area contributed by atoms with Gasteiger partial charge in [-0.2, -0.15) is 5.26 Å². The molecule has 5 nitrogen and oxygen atoms in total. The Balaban J connectivity index is 2.22. The first-order valence-corrected chi connectivity index (χ1v) is 4.99. The second-order valence-electron chi connectivity index (χ2n) is 3.96. The Morgan fingerprint density at radius 3 is 3.00 bits per heavy atom. The van der Waals surface area contributed by atoms with Gasteiger partial charge in [-0.25, -0.2) is 0 Å². The van der Waals surface area contributed by atoms with Gasteiger partial charge >= 0.3 is 0 Å². The first kappa shape index (κ1) is 10.6. The molecule has 16 heavy (non-hydrogen) atoms. The maximum Gasteiger partial charge on any atom is 0.273 e. The Morgan fingerprint density at radius 1 is 1.69 bits per heavy atom. The largest absolute Gasteiger partial charge is 0.280 e. The van der Waals surface area contributed by atoms with Crippen molar-refractivity contribution < 1.29 is 4.92 Å². The molecule has 0 radical (unpaired) electrons. The average molecular weight is 217 g/mol. The lowest BCUT2D eigenvalue weighted by Gasteiger charge is -2.04. The highest BCUT2D eigenvalue weighted by atomic mass is 16.6. The number of aryl methyl sites for hydroxylation is 1. The molecule has 1 aromatic carbocycles. The van der Waals surface area contributed by atoms with E-state index in [4.69, 9.17) is 5.26 Å². The summed E-state index contributed by atoms with van der Waals surface area (Å²) in [5.74, 6) is 0. The highest BCUT2D eigenvalue weighted by Crippen LogP contribution is 2.26. The lowest BCUT2D eigenvalue weighted by molar-refractivity contribution is -0.385. The molecule has 0 aliphatic carbocycles. The SMILES string of the molecule is Cc1ccc([N+](=O)[O-])c(CN2CC2C#N)c1. The fourth-order valence-electron chi connectivity index (χ4n) is 1.71. The van der Waals surface area contributed by atoms with Crippen LogP contribution in [0.2, 0.25) is 0 Å². The van der Waals surface area contributed by atoms with Crippen molar-refractivity contribution in [2.45, 2.75) is 19.5 Å². The van der Waals surface area contributed by atoms with Crippen LogP contribution in [-0.4, -0.2) is 22.4 Å². The van der Waals surface area contributed by atoms with Gasteiger partial charge in [0.2, 0.25) is 0 Å². The van der Waals surface area contributed by atoms with Gasteiger partial charge in [0.05, 0.1) is 11.0 Å². The number of nitro groups is 1. The molecular weight excluding hydrogens is 206 g/mol. The van der Waals surface area contributed by atoms with E-state index >= 15 is 0 Å². The van der Waals surface area contributed by atoms with Gasteiger partial charge in [0.25, 0.3) is 5.69 Å². The molecule has 1 fully saturated rings. The number of nitriles is 1. The maximum atomic E-state index is 10.8. The molecule has 2 rings (SSSR count). The summed E-state index contributed by atoms with van der Waals surface area (Å²) < 4.78 is 0. The predicted molar refractivity (Wildman–Crippen MR) is 57.6 cm³/mol. The van der Waals surface area contributed by atoms with Gasteiger partial charge in [0.1, 0.15) is 6.04 Å². The van der Waals surface area contributed by atoms with Crippen LogP contribution in [-0.2, 0) is 6.54 Å². The van der Waals surface area contributed by atoms with Crippen LogP contribution in [0.15, 0.2) is 18.2 Å². The van der Waals surface area contributed by atoms with E-state index in [2.05, 4.69) is 6.07 Å². The molecule has 1 saturated heterocycles. The second-order valence-corrected chi connectivity index (χ2v) is 3.96. The van der Waals surface area contributed by atoms with Crippen LogP contribution < -0.4 is 0 Å². The molecule has 0 N–H and O–H groups in total. The topological polar surface area (TPSA) is 69.9 Å². The lowest BCUT2D eigenvalue weighted by atomic mass is 10.1. The van der Waals surface area contributed by atoms with Gasteiger partial charge in [-0.05, 0) is 13.0 Å². The van der Waals surface area contributed by atoms with Crippen LogP contribution in [0.1, 0.15) is 11.1 Å². The van der Waals surface area contributed by atoms with Crippen molar-refractivity contribution in [1.29, 1.82) is 5.26 Å². The number of hydrogen-bond acceptors (Lipinski definition) is 4. The zero-order valence-electron chi connectivity index (χ0n) is 8.88. The number of nitrogens with zero attached hydrogens (tertiary/aromatic N) is 3. The van der Waals surface area contributed by atoms with E-state index in [0.29, 0.717) is 18.7 Å². The standard InChI is InChI=1S/C11H11N3O2/c1-8-2-3-11(14(15)16)9(4-8)6-13-7-10(13)5-12/h2-4,10H,6-7H2,1H3. The van der Waals surface area contributed by atoms with E-state index < -0.39 is 0 Å². The molecule has 0 saturated carbocycles. The lowest BCUT2D eigenvalue weighted by Crippen LogP contribution is -2.04. The monoisotopic (exact) mass is 217 g/mol. The first-order chi connectivity index (χ1) is 7.61. The van der Waals surface area contributed by atoms with Crippen molar-refractivity contribution in [2.24, 2.45) is 0 Å². The second kappa shape index (κ2) is 3.91. The van der Waals surface area contributed by atoms with Gasteiger partial charge in [-0.15, -0.1) is 0 Å². The van der Waals surface area contributed by atoms with Crippen LogP contribution >= 0.6 is 0 Å². The summed E-state index contributed by atoms with van der Waals surface area (Å²) in [6.45, 7) is 3.09. The smallest absolute Gasteiger partial charge is 0.273 e. The van der Waals surface area contributed by atoms with Crippen LogP contribution in [0.4, 0.5) is 5.69 Å². The summed E-state index contributed by atoms with van der Waals surface area (Å²) in [4.78, 5) is 12.3. The quantitative estimate of drug-likeness (QED) is 0.438. The summed E-state index contributed by atoms with van der Waals surface area (Å²) in [5.41, 5.74) is 1.81. The Morgan fingerprint density at radius 2 is 2.44 bits per heavy atom. The molecule has 2 atom stereocenters. The third-order valence-electron chi connectivity index (χ3n) is 2.67. The fourth-order valence-corrected chi connectivity index (χ4v) is 1.71. The van der Waals surface area contributed by atoms with Crippen molar-refractivity contribution in [3.05, 3.63) is 39.4 Å². The van der Waals surface area contributed by atoms with Crippen molar-refractivity contribution >= 4 is 5.69 Å². The molecule has 1 aliphatic rings. The van der Waals surface area contributed by atoms with Crippen LogP contribution in [0.3, 0.4) is 0 Å². The predicted octanol–water partition coefficient (Wildman–Crippen LogP) is 1.61. The van der Waals surface area contributed by atoms with Crippen molar-refractivity contribution in [3.8, 4) is 6.07 Å². The molecule has 0 aromatic heterocycles. The van der Waals surface area contributed by atoms with Crippen molar-refractivity contribution in [2.75, 3.05) is 6.54 Å². The molecule has 0 spiro atoms. The summed E-state index contributed by atoms with van der Waals surface area (Å²) in [6, 6.07) is 7.12. The van der Waals surface area contributed by atoms with E-state index in [1.807, 2.05) is 17.9 Å². The summed E-state index contributed by atoms with van der Waals surface area (Å²) in [5, 5.41) is 19.5. The summed E-state index contributed by atoms with van der Waals surface area (Å²) in [7, 11) is 0. The Labute approximate surface area is 93.1 Å². The molecule has 0 bridgehead atoms. The first-order valence-electron chi connectivity index (χ1n) is 4.99. The summed E-state index contributed by atoms with van der Waals surface area (Å²) in [6.07, 6.45) is 0. The highest BCUT2D eigenvalue weighted by Gasteiger charge is 2.35. The van der Waals surface area contributed by atoms with Crippen LogP contribution in [0.25, 0.3) is 0 Å². The molecule has 82 valence electrons. The van der Waals surface area contributed by atoms with E-state index in [9.17, 15) is 10.1 Å². The average Bonchev–Trinajstić information content (AvgIpc) is 2.96. The van der Waals surface area contributed by atoms with E-state index in [-0.39, 0.29) is 16.7 Å². The molecular formula is C11H11N3O2. The molecule has 5 heteroatoms. The van der Waals surface area contributed by atoms with Gasteiger partial charge < -0.3 is 0 Å². The normalized spacial score (nSPS) is 22.5. The van der Waals surface area contributed by atoms with Crippen molar-refractivity contribution in [1.82, 2.24) is 4.90 Å². The molecule has 1 aromatic rings. The van der Waals surface area contributed by atoms with Gasteiger partial charge in [0, 0.05) is 24.7 Å². The Bertz CT molecular complexity index is 479. The number of rotatable bonds is 3. The minimum atomic E-state index is -0.375.